The zero-order chi connectivity index (χ0) is 15.5. The zero-order valence-electron chi connectivity index (χ0n) is 10.2. The maximum Gasteiger partial charge on any atom is 0.416 e. The summed E-state index contributed by atoms with van der Waals surface area (Å²) >= 11 is 5.75. The van der Waals surface area contributed by atoms with Crippen molar-refractivity contribution in [3.05, 3.63) is 40.6 Å². The molecular weight excluding hydrogens is 297 g/mol. The molecule has 1 aromatic rings. The smallest absolute Gasteiger partial charge is 0.416 e. The summed E-state index contributed by atoms with van der Waals surface area (Å²) in [5.74, 6) is -1.34. The molecule has 20 heavy (non-hydrogen) atoms. The number of aliphatic imine (C=N–C) groups is 1. The lowest BCUT2D eigenvalue weighted by Crippen LogP contribution is -2.11. The highest BCUT2D eigenvalue weighted by Gasteiger charge is 2.31. The fraction of sp³-hybridized carbons (Fsp3) is 0.167. The lowest BCUT2D eigenvalue weighted by atomic mass is 10.1. The molecule has 108 valence electrons. The van der Waals surface area contributed by atoms with Gasteiger partial charge in [-0.1, -0.05) is 11.6 Å². The number of halogens is 4. The summed E-state index contributed by atoms with van der Waals surface area (Å²) in [5.41, 5.74) is 3.64. The number of rotatable bonds is 3. The van der Waals surface area contributed by atoms with Gasteiger partial charge in [0.15, 0.2) is 0 Å². The van der Waals surface area contributed by atoms with Crippen LogP contribution in [0.15, 0.2) is 35.0 Å². The van der Waals surface area contributed by atoms with Crippen LogP contribution in [0.2, 0.25) is 5.02 Å². The molecule has 0 saturated carbocycles. The van der Waals surface area contributed by atoms with E-state index in [-0.39, 0.29) is 22.0 Å². The van der Waals surface area contributed by atoms with Gasteiger partial charge in [0.25, 0.3) is 0 Å². The van der Waals surface area contributed by atoms with Crippen LogP contribution < -0.4 is 5.73 Å². The second-order valence-electron chi connectivity index (χ2n) is 3.75. The van der Waals surface area contributed by atoms with E-state index in [4.69, 9.17) is 22.4 Å². The van der Waals surface area contributed by atoms with E-state index in [0.717, 1.165) is 24.4 Å². The summed E-state index contributed by atoms with van der Waals surface area (Å²) < 4.78 is 37.7. The Morgan fingerprint density at radius 3 is 2.50 bits per heavy atom. The second kappa shape index (κ2) is 5.96. The Bertz CT molecular complexity index is 595. The van der Waals surface area contributed by atoms with E-state index in [0.29, 0.717) is 0 Å². The summed E-state index contributed by atoms with van der Waals surface area (Å²) in [7, 11) is 0. The normalized spacial score (nSPS) is 13.4. The first-order valence-electron chi connectivity index (χ1n) is 5.24. The number of alkyl halides is 3. The maximum absolute atomic E-state index is 12.6. The van der Waals surface area contributed by atoms with Crippen LogP contribution in [-0.2, 0) is 11.0 Å². The summed E-state index contributed by atoms with van der Waals surface area (Å²) in [6, 6.07) is 2.60. The molecule has 0 radical (unpaired) electrons. The first-order valence-corrected chi connectivity index (χ1v) is 5.62. The van der Waals surface area contributed by atoms with Crippen molar-refractivity contribution in [3.63, 3.8) is 0 Å². The molecule has 0 atom stereocenters. The topological polar surface area (TPSA) is 75.7 Å². The van der Waals surface area contributed by atoms with Crippen LogP contribution in [0.3, 0.4) is 0 Å². The van der Waals surface area contributed by atoms with Gasteiger partial charge >= 0.3 is 12.1 Å². The van der Waals surface area contributed by atoms with Crippen LogP contribution in [-0.4, -0.2) is 16.8 Å². The molecule has 0 saturated heterocycles. The van der Waals surface area contributed by atoms with Gasteiger partial charge in [0.05, 0.1) is 27.6 Å². The highest BCUT2D eigenvalue weighted by molar-refractivity contribution is 6.33. The van der Waals surface area contributed by atoms with Crippen molar-refractivity contribution in [2.45, 2.75) is 13.1 Å². The Hall–Kier alpha value is -2.02. The Balaban J connectivity index is 3.30. The molecule has 3 N–H and O–H groups in total. The maximum atomic E-state index is 12.6. The number of aliphatic carboxylic acids is 1. The van der Waals surface area contributed by atoms with Crippen LogP contribution in [0.4, 0.5) is 18.9 Å². The molecule has 0 spiro atoms. The van der Waals surface area contributed by atoms with Gasteiger partial charge in [0, 0.05) is 6.20 Å². The van der Waals surface area contributed by atoms with Crippen molar-refractivity contribution in [1.82, 2.24) is 0 Å². The largest absolute Gasteiger partial charge is 0.478 e. The van der Waals surface area contributed by atoms with Crippen LogP contribution in [0.25, 0.3) is 0 Å². The van der Waals surface area contributed by atoms with E-state index < -0.39 is 17.7 Å². The number of nitrogens with zero attached hydrogens (tertiary/aromatic N) is 1. The molecule has 0 amide bonds. The molecule has 8 heteroatoms. The third-order valence-corrected chi connectivity index (χ3v) is 2.67. The first kappa shape index (κ1) is 16.0. The number of hydrogen-bond acceptors (Lipinski definition) is 3. The van der Waals surface area contributed by atoms with E-state index in [9.17, 15) is 18.0 Å². The van der Waals surface area contributed by atoms with Gasteiger partial charge in [-0.05, 0) is 25.1 Å². The standard InChI is InChI=1S/C12H10ClF3N2O2/c1-6(8(5-17)11(19)20)18-10-4-7(12(14,15)16)2-3-9(10)13/h2-5H,17H2,1H3,(H,19,20). The van der Waals surface area contributed by atoms with Gasteiger partial charge in [-0.25, -0.2) is 4.79 Å². The van der Waals surface area contributed by atoms with Gasteiger partial charge in [-0.3, -0.25) is 4.99 Å². The predicted octanol–water partition coefficient (Wildman–Crippen LogP) is 3.38. The third-order valence-electron chi connectivity index (χ3n) is 2.35. The quantitative estimate of drug-likeness (QED) is 0.664. The van der Waals surface area contributed by atoms with E-state index in [2.05, 4.69) is 4.99 Å². The molecule has 0 aliphatic rings. The fourth-order valence-corrected chi connectivity index (χ4v) is 1.52. The van der Waals surface area contributed by atoms with Crippen molar-refractivity contribution in [1.29, 1.82) is 0 Å². The Labute approximate surface area is 117 Å². The first-order chi connectivity index (χ1) is 9.16. The molecule has 0 bridgehead atoms. The minimum absolute atomic E-state index is 0.0286. The van der Waals surface area contributed by atoms with Gasteiger partial charge in [-0.15, -0.1) is 0 Å². The molecule has 1 rings (SSSR count). The van der Waals surface area contributed by atoms with E-state index in [1.165, 1.54) is 6.92 Å². The van der Waals surface area contributed by atoms with E-state index in [1.54, 1.807) is 0 Å². The van der Waals surface area contributed by atoms with Crippen molar-refractivity contribution < 1.29 is 23.1 Å². The Morgan fingerprint density at radius 2 is 2.05 bits per heavy atom. The minimum atomic E-state index is -4.54. The molecule has 4 nitrogen and oxygen atoms in total. The molecule has 0 unspecified atom stereocenters. The average molecular weight is 307 g/mol. The molecule has 0 aliphatic carbocycles. The Morgan fingerprint density at radius 1 is 1.45 bits per heavy atom. The monoisotopic (exact) mass is 306 g/mol. The number of carboxylic acid groups (broad SMARTS) is 1. The molecule has 0 fully saturated rings. The zero-order valence-corrected chi connectivity index (χ0v) is 11.0. The summed E-state index contributed by atoms with van der Waals surface area (Å²) in [6.45, 7) is 1.31. The van der Waals surface area contributed by atoms with E-state index >= 15 is 0 Å². The van der Waals surface area contributed by atoms with Crippen LogP contribution in [0, 0.1) is 0 Å². The predicted molar refractivity (Wildman–Crippen MR) is 69.1 cm³/mol. The minimum Gasteiger partial charge on any atom is -0.478 e. The van der Waals surface area contributed by atoms with Crippen LogP contribution in [0.5, 0.6) is 0 Å². The van der Waals surface area contributed by atoms with Crippen LogP contribution in [0.1, 0.15) is 12.5 Å². The van der Waals surface area contributed by atoms with Gasteiger partial charge < -0.3 is 10.8 Å². The molecule has 0 aromatic heterocycles. The summed E-state index contributed by atoms with van der Waals surface area (Å²) in [6.07, 6.45) is -3.73. The number of carboxylic acids is 1. The molecule has 0 aliphatic heterocycles. The molecule has 0 heterocycles. The number of benzene rings is 1. The van der Waals surface area contributed by atoms with Crippen LogP contribution >= 0.6 is 11.6 Å². The van der Waals surface area contributed by atoms with Crippen molar-refractivity contribution in [3.8, 4) is 0 Å². The van der Waals surface area contributed by atoms with Gasteiger partial charge in [0.2, 0.25) is 0 Å². The lowest BCUT2D eigenvalue weighted by molar-refractivity contribution is -0.137. The van der Waals surface area contributed by atoms with Crippen molar-refractivity contribution in [2.75, 3.05) is 0 Å². The fourth-order valence-electron chi connectivity index (χ4n) is 1.36. The highest BCUT2D eigenvalue weighted by Crippen LogP contribution is 2.35. The summed E-state index contributed by atoms with van der Waals surface area (Å²) in [5, 5.41) is 8.80. The third kappa shape index (κ3) is 3.74. The lowest BCUT2D eigenvalue weighted by Gasteiger charge is -2.09. The van der Waals surface area contributed by atoms with Crippen molar-refractivity contribution >= 4 is 29.0 Å². The SMILES string of the molecule is CC(=Nc1cc(C(F)(F)F)ccc1Cl)C(=CN)C(=O)O. The highest BCUT2D eigenvalue weighted by atomic mass is 35.5. The van der Waals surface area contributed by atoms with Gasteiger partial charge in [-0.2, -0.15) is 13.2 Å². The number of hydrogen-bond donors (Lipinski definition) is 2. The average Bonchev–Trinajstić information content (AvgIpc) is 2.30. The Kier molecular flexibility index (Phi) is 4.78. The van der Waals surface area contributed by atoms with Gasteiger partial charge in [0.1, 0.15) is 0 Å². The molecular formula is C12H10ClF3N2O2. The summed E-state index contributed by atoms with van der Waals surface area (Å²) in [4.78, 5) is 14.6. The van der Waals surface area contributed by atoms with E-state index in [1.807, 2.05) is 0 Å². The molecule has 1 aromatic carbocycles. The second-order valence-corrected chi connectivity index (χ2v) is 4.15. The number of carbonyl (C=O) groups is 1. The van der Waals surface area contributed by atoms with Crippen molar-refractivity contribution in [2.24, 2.45) is 10.7 Å². The number of nitrogens with two attached hydrogens (primary N) is 1.